The molecular formula is C22H27N3O4. The second-order valence-electron chi connectivity index (χ2n) is 8.14. The largest absolute Gasteiger partial charge is 0.459 e. The summed E-state index contributed by atoms with van der Waals surface area (Å²) in [6, 6.07) is 5.57. The van der Waals surface area contributed by atoms with E-state index in [1.54, 1.807) is 6.07 Å². The molecule has 0 atom stereocenters. The fraction of sp³-hybridized carbons (Fsp3) is 0.500. The average molecular weight is 397 g/mol. The molecule has 0 amide bonds. The van der Waals surface area contributed by atoms with Crippen molar-refractivity contribution in [1.82, 2.24) is 9.80 Å². The Morgan fingerprint density at radius 2 is 1.69 bits per heavy atom. The maximum Gasteiger partial charge on any atom is 0.200 e. The molecule has 0 saturated carbocycles. The fourth-order valence-corrected chi connectivity index (χ4v) is 4.27. The number of furan rings is 1. The molecule has 7 nitrogen and oxygen atoms in total. The molecule has 154 valence electrons. The number of ether oxygens (including phenoxy) is 1. The number of benzene rings is 1. The van der Waals surface area contributed by atoms with Gasteiger partial charge in [0.1, 0.15) is 16.9 Å². The second kappa shape index (κ2) is 7.48. The monoisotopic (exact) mass is 397 g/mol. The van der Waals surface area contributed by atoms with Gasteiger partial charge >= 0.3 is 0 Å². The number of hydrogen-bond donors (Lipinski definition) is 0. The summed E-state index contributed by atoms with van der Waals surface area (Å²) in [5.74, 6) is 1.54. The van der Waals surface area contributed by atoms with Crippen molar-refractivity contribution in [3.05, 3.63) is 39.7 Å². The standard InChI is InChI=1S/C22H27N3O4/c1-15-21-16(11-17(28-21)14-24-5-3-23(2)4-6-24)12-18-19(26)13-20(29-22(15)18)25-7-9-27-10-8-25/h11-13H,3-10,14H2,1-2H3. The molecule has 4 heterocycles. The van der Waals surface area contributed by atoms with E-state index < -0.39 is 0 Å². The normalized spacial score (nSPS) is 19.4. The molecule has 0 aliphatic carbocycles. The minimum atomic E-state index is -0.0143. The first-order valence-electron chi connectivity index (χ1n) is 10.3. The van der Waals surface area contributed by atoms with Crippen molar-refractivity contribution >= 4 is 27.8 Å². The van der Waals surface area contributed by atoms with Gasteiger partial charge in [-0.3, -0.25) is 9.69 Å². The topological polar surface area (TPSA) is 62.3 Å². The van der Waals surface area contributed by atoms with Gasteiger partial charge in [-0.15, -0.1) is 0 Å². The van der Waals surface area contributed by atoms with Crippen LogP contribution < -0.4 is 10.3 Å². The first kappa shape index (κ1) is 18.7. The second-order valence-corrected chi connectivity index (χ2v) is 8.14. The summed E-state index contributed by atoms with van der Waals surface area (Å²) in [5.41, 5.74) is 2.30. The Hall–Kier alpha value is -2.35. The van der Waals surface area contributed by atoms with Gasteiger partial charge in [0.05, 0.1) is 25.1 Å². The first-order valence-corrected chi connectivity index (χ1v) is 10.3. The molecule has 2 aliphatic heterocycles. The zero-order valence-corrected chi connectivity index (χ0v) is 17.1. The highest BCUT2D eigenvalue weighted by molar-refractivity contribution is 5.97. The Kier molecular flexibility index (Phi) is 4.81. The van der Waals surface area contributed by atoms with Crippen LogP contribution in [-0.4, -0.2) is 69.3 Å². The van der Waals surface area contributed by atoms with Crippen LogP contribution in [0.25, 0.3) is 21.9 Å². The van der Waals surface area contributed by atoms with Gasteiger partial charge in [-0.05, 0) is 26.1 Å². The predicted molar refractivity (Wildman–Crippen MR) is 113 cm³/mol. The highest BCUT2D eigenvalue weighted by Crippen LogP contribution is 2.31. The summed E-state index contributed by atoms with van der Waals surface area (Å²) in [6.07, 6.45) is 0. The molecule has 0 spiro atoms. The molecule has 2 aromatic heterocycles. The van der Waals surface area contributed by atoms with E-state index in [-0.39, 0.29) is 5.43 Å². The summed E-state index contributed by atoms with van der Waals surface area (Å²) in [6.45, 7) is 9.74. The number of fused-ring (bicyclic) bond motifs is 2. The van der Waals surface area contributed by atoms with Crippen LogP contribution in [0.3, 0.4) is 0 Å². The van der Waals surface area contributed by atoms with E-state index in [4.69, 9.17) is 13.6 Å². The van der Waals surface area contributed by atoms with E-state index in [0.717, 1.165) is 68.1 Å². The van der Waals surface area contributed by atoms with E-state index in [1.807, 2.05) is 13.0 Å². The fourth-order valence-electron chi connectivity index (χ4n) is 4.27. The Morgan fingerprint density at radius 1 is 0.931 bits per heavy atom. The number of hydrogen-bond acceptors (Lipinski definition) is 7. The lowest BCUT2D eigenvalue weighted by Gasteiger charge is -2.31. The third kappa shape index (κ3) is 3.54. The molecule has 7 heteroatoms. The van der Waals surface area contributed by atoms with Gasteiger partial charge in [-0.25, -0.2) is 0 Å². The van der Waals surface area contributed by atoms with Crippen LogP contribution in [0, 0.1) is 6.92 Å². The van der Waals surface area contributed by atoms with Crippen LogP contribution in [0.2, 0.25) is 0 Å². The Bertz CT molecular complexity index is 1090. The molecule has 0 N–H and O–H groups in total. The lowest BCUT2D eigenvalue weighted by atomic mass is 10.1. The van der Waals surface area contributed by atoms with E-state index in [9.17, 15) is 4.79 Å². The number of morpholine rings is 1. The minimum Gasteiger partial charge on any atom is -0.459 e. The van der Waals surface area contributed by atoms with Crippen LogP contribution >= 0.6 is 0 Å². The molecule has 0 radical (unpaired) electrons. The van der Waals surface area contributed by atoms with Gasteiger partial charge in [0.2, 0.25) is 0 Å². The number of nitrogens with zero attached hydrogens (tertiary/aromatic N) is 3. The average Bonchev–Trinajstić information content (AvgIpc) is 3.14. The third-order valence-corrected chi connectivity index (χ3v) is 6.06. The van der Waals surface area contributed by atoms with Crippen LogP contribution in [0.1, 0.15) is 11.3 Å². The van der Waals surface area contributed by atoms with Crippen LogP contribution in [0.5, 0.6) is 0 Å². The summed E-state index contributed by atoms with van der Waals surface area (Å²) < 4.78 is 17.8. The van der Waals surface area contributed by atoms with E-state index in [1.165, 1.54) is 0 Å². The van der Waals surface area contributed by atoms with Crippen molar-refractivity contribution < 1.29 is 13.6 Å². The summed E-state index contributed by atoms with van der Waals surface area (Å²) in [7, 11) is 2.16. The van der Waals surface area contributed by atoms with Crippen molar-refractivity contribution in [1.29, 1.82) is 0 Å². The smallest absolute Gasteiger partial charge is 0.200 e. The Balaban J connectivity index is 1.51. The molecule has 5 rings (SSSR count). The van der Waals surface area contributed by atoms with Gasteiger partial charge in [-0.1, -0.05) is 0 Å². The van der Waals surface area contributed by atoms with Crippen LogP contribution in [0.15, 0.2) is 31.8 Å². The van der Waals surface area contributed by atoms with Crippen LogP contribution in [0.4, 0.5) is 5.88 Å². The number of anilines is 1. The molecule has 3 aromatic rings. The first-order chi connectivity index (χ1) is 14.1. The van der Waals surface area contributed by atoms with E-state index in [2.05, 4.69) is 27.8 Å². The van der Waals surface area contributed by atoms with Gasteiger partial charge < -0.3 is 23.4 Å². The molecule has 2 aliphatic rings. The zero-order valence-electron chi connectivity index (χ0n) is 17.1. The summed E-state index contributed by atoms with van der Waals surface area (Å²) in [4.78, 5) is 19.6. The van der Waals surface area contributed by atoms with Crippen molar-refractivity contribution in [3.8, 4) is 0 Å². The van der Waals surface area contributed by atoms with Gasteiger partial charge in [-0.2, -0.15) is 0 Å². The summed E-state index contributed by atoms with van der Waals surface area (Å²) in [5, 5.41) is 1.57. The highest BCUT2D eigenvalue weighted by atomic mass is 16.5. The van der Waals surface area contributed by atoms with E-state index >= 15 is 0 Å². The number of aryl methyl sites for hydroxylation is 1. The third-order valence-electron chi connectivity index (χ3n) is 6.06. The lowest BCUT2D eigenvalue weighted by molar-refractivity contribution is 0.121. The molecule has 0 bridgehead atoms. The van der Waals surface area contributed by atoms with Crippen molar-refractivity contribution in [3.63, 3.8) is 0 Å². The number of rotatable bonds is 3. The minimum absolute atomic E-state index is 0.0143. The zero-order chi connectivity index (χ0) is 20.0. The molecule has 29 heavy (non-hydrogen) atoms. The summed E-state index contributed by atoms with van der Waals surface area (Å²) >= 11 is 0. The maximum atomic E-state index is 12.8. The van der Waals surface area contributed by atoms with Crippen molar-refractivity contribution in [2.24, 2.45) is 0 Å². The number of piperazine rings is 1. The molecule has 1 aromatic carbocycles. The maximum absolute atomic E-state index is 12.8. The number of likely N-dealkylation sites (N-methyl/N-ethyl adjacent to an activating group) is 1. The molecule has 2 fully saturated rings. The predicted octanol–water partition coefficient (Wildman–Crippen LogP) is 2.43. The van der Waals surface area contributed by atoms with Crippen molar-refractivity contribution in [2.75, 3.05) is 64.4 Å². The van der Waals surface area contributed by atoms with Crippen LogP contribution in [-0.2, 0) is 11.3 Å². The Morgan fingerprint density at radius 3 is 2.45 bits per heavy atom. The van der Waals surface area contributed by atoms with Crippen molar-refractivity contribution in [2.45, 2.75) is 13.5 Å². The van der Waals surface area contributed by atoms with E-state index in [0.29, 0.717) is 30.1 Å². The Labute approximate surface area is 169 Å². The SMILES string of the molecule is Cc1c2oc(CN3CCN(C)CC3)cc2cc2c(=O)cc(N3CCOCC3)oc12. The lowest BCUT2D eigenvalue weighted by Crippen LogP contribution is -2.43. The van der Waals surface area contributed by atoms with Gasteiger partial charge in [0.25, 0.3) is 0 Å². The quantitative estimate of drug-likeness (QED) is 0.673. The highest BCUT2D eigenvalue weighted by Gasteiger charge is 2.20. The molecular weight excluding hydrogens is 370 g/mol. The van der Waals surface area contributed by atoms with Gasteiger partial charge in [0, 0.05) is 56.3 Å². The van der Waals surface area contributed by atoms with Gasteiger partial charge in [0.15, 0.2) is 11.3 Å². The molecule has 2 saturated heterocycles. The molecule has 0 unspecified atom stereocenters.